The van der Waals surface area contributed by atoms with Crippen molar-refractivity contribution in [1.29, 1.82) is 0 Å². The van der Waals surface area contributed by atoms with Crippen LogP contribution in [0.1, 0.15) is 122 Å². The second-order valence-electron chi connectivity index (χ2n) is 26.4. The molecule has 116 heavy (non-hydrogen) atoms. The lowest BCUT2D eigenvalue weighted by Gasteiger charge is -2.11. The van der Waals surface area contributed by atoms with E-state index in [1.165, 1.54) is 66.5 Å². The van der Waals surface area contributed by atoms with Gasteiger partial charge in [-0.3, -0.25) is 24.5 Å². The lowest BCUT2D eigenvalue weighted by atomic mass is 10.0. The molecule has 16 rings (SSSR count). The van der Waals surface area contributed by atoms with Gasteiger partial charge in [0.15, 0.2) is 11.6 Å². The highest BCUT2D eigenvalue weighted by Gasteiger charge is 2.33. The van der Waals surface area contributed by atoms with Gasteiger partial charge in [-0.05, 0) is 205 Å². The van der Waals surface area contributed by atoms with E-state index in [0.29, 0.717) is 94.0 Å². The number of benzene rings is 4. The molecule has 0 fully saturated rings. The summed E-state index contributed by atoms with van der Waals surface area (Å²) < 4.78 is 150. The summed E-state index contributed by atoms with van der Waals surface area (Å²) in [6.07, 6.45) is 6.63. The van der Waals surface area contributed by atoms with E-state index in [-0.39, 0.29) is 18.1 Å². The molecule has 7 N–H and O–H groups in total. The minimum absolute atomic E-state index is 0.0987. The summed E-state index contributed by atoms with van der Waals surface area (Å²) in [6.45, 7) is 0.262. The van der Waals surface area contributed by atoms with Crippen LogP contribution in [0.25, 0.3) is 44.1 Å². The molecule has 0 radical (unpaired) electrons. The van der Waals surface area contributed by atoms with E-state index in [9.17, 15) is 67.4 Å². The molecule has 12 heterocycles. The number of alkyl halides is 12. The maximum Gasteiger partial charge on any atom is 0.416 e. The first-order valence-electron chi connectivity index (χ1n) is 35.9. The van der Waals surface area contributed by atoms with Crippen LogP contribution in [0.5, 0.6) is 0 Å². The fraction of sp³-hybridized carbons (Fsp3) is 0.149. The van der Waals surface area contributed by atoms with Crippen molar-refractivity contribution < 1.29 is 67.4 Å². The molecule has 12 aromatic heterocycles. The number of nitrogens with one attached hydrogen (secondary N) is 4. The zero-order chi connectivity index (χ0) is 82.2. The molecule has 0 bridgehead atoms. The van der Waals surface area contributed by atoms with Crippen molar-refractivity contribution in [2.24, 2.45) is 5.73 Å². The van der Waals surface area contributed by atoms with Gasteiger partial charge in [0.1, 0.15) is 33.8 Å². The van der Waals surface area contributed by atoms with Crippen LogP contribution in [0.2, 0.25) is 5.15 Å². The number of nitrogens with two attached hydrogens (primary N) is 1. The normalized spacial score (nSPS) is 11.9. The zero-order valence-electron chi connectivity index (χ0n) is 61.0. The number of hydrogen-bond acceptors (Lipinski definition) is 12. The molecule has 0 spiro atoms. The van der Waals surface area contributed by atoms with Gasteiger partial charge in [0.2, 0.25) is 0 Å². The van der Waals surface area contributed by atoms with E-state index in [0.717, 1.165) is 127 Å². The second kappa shape index (κ2) is 36.8. The van der Waals surface area contributed by atoms with Crippen LogP contribution in [-0.2, 0) is 76.2 Å². The number of pyridine rings is 8. The Morgan fingerprint density at radius 3 is 1.10 bits per heavy atom. The molecule has 1 atom stereocenters. The number of aryl methyl sites for hydroxylation is 6. The number of aliphatic hydroxyl groups is 1. The Morgan fingerprint density at radius 1 is 0.362 bits per heavy atom. The monoisotopic (exact) mass is 1610 g/mol. The van der Waals surface area contributed by atoms with Gasteiger partial charge in [-0.25, -0.2) is 24.9 Å². The van der Waals surface area contributed by atoms with E-state index in [1.807, 2.05) is 73.1 Å². The number of aromatic nitrogens is 12. The van der Waals surface area contributed by atoms with Crippen LogP contribution in [0.3, 0.4) is 0 Å². The number of H-pyrrole nitrogens is 4. The molecular formula is C87H68ClF12N13O3. The molecule has 0 saturated heterocycles. The largest absolute Gasteiger partial charge is 0.416 e. The predicted molar refractivity (Wildman–Crippen MR) is 416 cm³/mol. The number of aliphatic hydroxyl groups excluding tert-OH is 1. The van der Waals surface area contributed by atoms with Crippen molar-refractivity contribution in [2.45, 2.75) is 82.3 Å². The summed E-state index contributed by atoms with van der Waals surface area (Å²) in [5.41, 5.74) is 17.0. The van der Waals surface area contributed by atoms with Gasteiger partial charge in [0.25, 0.3) is 0 Å². The number of aromatic amines is 4. The molecule has 4 aromatic carbocycles. The summed E-state index contributed by atoms with van der Waals surface area (Å²) in [7, 11) is 0. The minimum atomic E-state index is -4.33. The highest BCUT2D eigenvalue weighted by atomic mass is 35.5. The number of carbonyl (C=O) groups is 2. The third-order valence-electron chi connectivity index (χ3n) is 18.6. The lowest BCUT2D eigenvalue weighted by Crippen LogP contribution is -2.05. The highest BCUT2D eigenvalue weighted by molar-refractivity contribution is 6.29. The van der Waals surface area contributed by atoms with Crippen molar-refractivity contribution in [3.63, 3.8) is 0 Å². The Hall–Kier alpha value is -13.1. The van der Waals surface area contributed by atoms with Crippen molar-refractivity contribution >= 4 is 67.3 Å². The number of ketones is 2. The number of carbonyl (C=O) groups excluding carboxylic acids is 2. The predicted octanol–water partition coefficient (Wildman–Crippen LogP) is 20.2. The van der Waals surface area contributed by atoms with Crippen molar-refractivity contribution in [3.8, 4) is 0 Å². The molecular weight excluding hydrogens is 1540 g/mol. The maximum absolute atomic E-state index is 12.7. The van der Waals surface area contributed by atoms with Crippen molar-refractivity contribution in [1.82, 2.24) is 59.8 Å². The van der Waals surface area contributed by atoms with Crippen LogP contribution in [0, 0.1) is 0 Å². The third-order valence-corrected chi connectivity index (χ3v) is 18.8. The lowest BCUT2D eigenvalue weighted by molar-refractivity contribution is -0.138. The molecule has 590 valence electrons. The summed E-state index contributed by atoms with van der Waals surface area (Å²) in [5.74, 6) is -0.246. The van der Waals surface area contributed by atoms with Crippen LogP contribution >= 0.6 is 11.6 Å². The molecule has 16 nitrogen and oxygen atoms in total. The number of nitrogens with zero attached hydrogens (tertiary/aromatic N) is 8. The van der Waals surface area contributed by atoms with Gasteiger partial charge in [0, 0.05) is 159 Å². The first-order valence-corrected chi connectivity index (χ1v) is 36.2. The van der Waals surface area contributed by atoms with E-state index in [1.54, 1.807) is 86.0 Å². The average molecular weight is 1610 g/mol. The van der Waals surface area contributed by atoms with Crippen LogP contribution in [0.15, 0.2) is 268 Å². The van der Waals surface area contributed by atoms with Crippen LogP contribution < -0.4 is 5.73 Å². The van der Waals surface area contributed by atoms with E-state index >= 15 is 0 Å². The van der Waals surface area contributed by atoms with Gasteiger partial charge < -0.3 is 30.8 Å². The fourth-order valence-electron chi connectivity index (χ4n) is 12.3. The van der Waals surface area contributed by atoms with Gasteiger partial charge in [-0.15, -0.1) is 0 Å². The molecule has 0 aliphatic heterocycles. The molecule has 0 amide bonds. The summed E-state index contributed by atoms with van der Waals surface area (Å²) >= 11 is 5.70. The SMILES string of the molecule is FC(F)(F)c1ccc(CCc2ccc(Cc3c[nH]c4ncccc34)cn2)cc1.NCc1ccc(C(F)(F)F)cc1.O=C(c1ccc(CCc2ccc(C(F)(F)F)cc2)nc1)c1c[nH]c2ncccc12.O=C(c1ccc(Cl)nc1)c1c[nH]c2ncccc12.OC(c1ccc(CCc2ccc(C(F)(F)F)cc2)nc1)c1c[nH]c2ncccc12. The third kappa shape index (κ3) is 21.6. The highest BCUT2D eigenvalue weighted by Crippen LogP contribution is 2.34. The molecule has 0 aliphatic carbocycles. The van der Waals surface area contributed by atoms with Gasteiger partial charge in [0.05, 0.1) is 22.3 Å². The van der Waals surface area contributed by atoms with Gasteiger partial charge in [-0.1, -0.05) is 72.3 Å². The van der Waals surface area contributed by atoms with E-state index in [2.05, 4.69) is 59.8 Å². The Kier molecular flexibility index (Phi) is 26.2. The quantitative estimate of drug-likeness (QED) is 0.0267. The topological polar surface area (TPSA) is 247 Å². The Morgan fingerprint density at radius 2 is 0.716 bits per heavy atom. The maximum atomic E-state index is 12.7. The first kappa shape index (κ1) is 82.4. The second-order valence-corrected chi connectivity index (χ2v) is 26.8. The Bertz CT molecular complexity index is 5920. The standard InChI is InChI=1S/C22H18F3N3O.C22H16F3N3O.C22H18F3N3.C13H8ClN3O.C8H8F3N/c2*23-22(24,25)16-7-3-14(4-8-16)5-9-17-10-6-15(12-27-17)20(29)19-13-28-21-18(19)2-1-11-26-21;23-22(24,25)18-7-3-15(4-8-18)5-9-19-10-6-16(13-27-19)12-17-14-28-21-20(17)2-1-11-26-21;14-11-4-3-8(6-16-11)12(18)10-7-17-13-9(10)2-1-5-15-13;9-8(10,11)7-3-1-6(5-12)2-4-7/h1-4,6-8,10-13,20,29H,5,9H2,(H,26,28);1-4,6-8,10-13H,5,9H2,(H,26,28);1-4,6-8,10-11,13-14H,5,9,12H2,(H,26,28);1-7H,(H,15,17);1-4H,5,12H2. The van der Waals surface area contributed by atoms with E-state index < -0.39 is 53.1 Å². The van der Waals surface area contributed by atoms with Crippen LogP contribution in [-0.4, -0.2) is 76.5 Å². The summed E-state index contributed by atoms with van der Waals surface area (Å²) in [5, 5.41) is 14.6. The fourth-order valence-corrected chi connectivity index (χ4v) is 12.4. The van der Waals surface area contributed by atoms with Gasteiger partial charge >= 0.3 is 24.7 Å². The molecule has 16 aromatic rings. The zero-order valence-corrected chi connectivity index (χ0v) is 61.7. The number of rotatable bonds is 18. The Balaban J connectivity index is 0.000000137. The molecule has 29 heteroatoms. The van der Waals surface area contributed by atoms with Crippen molar-refractivity contribution in [2.75, 3.05) is 0 Å². The smallest absolute Gasteiger partial charge is 0.384 e. The number of hydrogen-bond donors (Lipinski definition) is 6. The van der Waals surface area contributed by atoms with Crippen molar-refractivity contribution in [3.05, 3.63) is 380 Å². The number of halogens is 13. The van der Waals surface area contributed by atoms with Gasteiger partial charge in [-0.2, -0.15) is 52.7 Å². The summed E-state index contributed by atoms with van der Waals surface area (Å²) in [4.78, 5) is 71.2. The Labute approximate surface area is 659 Å². The first-order chi connectivity index (χ1) is 55.6. The summed E-state index contributed by atoms with van der Waals surface area (Å²) in [6, 6.07) is 49.8. The molecule has 0 aliphatic rings. The molecule has 1 unspecified atom stereocenters. The number of fused-ring (bicyclic) bond motifs is 4. The molecule has 0 saturated carbocycles. The average Bonchev–Trinajstić information content (AvgIpc) is 1.65. The minimum Gasteiger partial charge on any atom is -0.384 e. The van der Waals surface area contributed by atoms with Crippen LogP contribution in [0.4, 0.5) is 52.7 Å². The van der Waals surface area contributed by atoms with E-state index in [4.69, 9.17) is 17.3 Å².